The predicted octanol–water partition coefficient (Wildman–Crippen LogP) is 5.51. The molecule has 43 heavy (non-hydrogen) atoms. The Bertz CT molecular complexity index is 1650. The number of anilines is 1. The summed E-state index contributed by atoms with van der Waals surface area (Å²) in [5.74, 6) is 2.60. The Kier molecular flexibility index (Phi) is 7.79. The van der Waals surface area contributed by atoms with Crippen molar-refractivity contribution < 1.29 is 28.5 Å². The highest BCUT2D eigenvalue weighted by molar-refractivity contribution is 5.99. The summed E-state index contributed by atoms with van der Waals surface area (Å²) in [7, 11) is 5.01. The highest BCUT2D eigenvalue weighted by atomic mass is 16.7. The molecule has 2 heterocycles. The van der Waals surface area contributed by atoms with Crippen LogP contribution in [-0.2, 0) is 13.0 Å². The quantitative estimate of drug-likeness (QED) is 0.265. The fourth-order valence-corrected chi connectivity index (χ4v) is 5.45. The van der Waals surface area contributed by atoms with Crippen LogP contribution < -0.4 is 24.3 Å². The van der Waals surface area contributed by atoms with Crippen molar-refractivity contribution in [3.63, 3.8) is 0 Å². The second-order valence-electron chi connectivity index (χ2n) is 10.5. The largest absolute Gasteiger partial charge is 0.493 e. The van der Waals surface area contributed by atoms with Crippen molar-refractivity contribution in [2.24, 2.45) is 0 Å². The summed E-state index contributed by atoms with van der Waals surface area (Å²) < 4.78 is 21.7. The van der Waals surface area contributed by atoms with Crippen LogP contribution in [0.3, 0.4) is 0 Å². The lowest BCUT2D eigenvalue weighted by Gasteiger charge is -2.27. The summed E-state index contributed by atoms with van der Waals surface area (Å²) >= 11 is 0. The molecule has 0 aliphatic carbocycles. The summed E-state index contributed by atoms with van der Waals surface area (Å²) in [6.07, 6.45) is 0.302. The van der Waals surface area contributed by atoms with Gasteiger partial charge in [0.15, 0.2) is 23.0 Å². The van der Waals surface area contributed by atoms with Gasteiger partial charge in [-0.25, -0.2) is 0 Å². The molecule has 2 aliphatic heterocycles. The van der Waals surface area contributed by atoms with Crippen molar-refractivity contribution in [3.05, 3.63) is 113 Å². The number of fused-ring (bicyclic) bond motifs is 2. The maximum atomic E-state index is 13.5. The Morgan fingerprint density at radius 2 is 1.65 bits per heavy atom. The summed E-state index contributed by atoms with van der Waals surface area (Å²) in [6.45, 7) is 1.14. The van der Waals surface area contributed by atoms with Crippen molar-refractivity contribution in [1.82, 2.24) is 9.80 Å². The van der Waals surface area contributed by atoms with Gasteiger partial charge >= 0.3 is 0 Å². The number of carbonyl (C=O) groups is 2. The van der Waals surface area contributed by atoms with Crippen LogP contribution in [0, 0.1) is 0 Å². The number of hydrogen-bond acceptors (Lipinski definition) is 7. The van der Waals surface area contributed by atoms with Crippen molar-refractivity contribution in [2.75, 3.05) is 39.9 Å². The molecule has 0 bridgehead atoms. The third-order valence-corrected chi connectivity index (χ3v) is 7.81. The Labute approximate surface area is 250 Å². The van der Waals surface area contributed by atoms with Crippen LogP contribution in [-0.4, -0.2) is 56.2 Å². The Hall–Kier alpha value is -5.18. The molecule has 6 rings (SSSR count). The lowest BCUT2D eigenvalue weighted by atomic mass is 10.1. The van der Waals surface area contributed by atoms with Crippen LogP contribution in [0.5, 0.6) is 23.0 Å². The van der Waals surface area contributed by atoms with Crippen LogP contribution in [0.2, 0.25) is 0 Å². The Morgan fingerprint density at radius 1 is 0.907 bits per heavy atom. The molecule has 2 aliphatic rings. The lowest BCUT2D eigenvalue weighted by molar-refractivity contribution is 0.0728. The molecule has 4 aromatic rings. The zero-order valence-corrected chi connectivity index (χ0v) is 24.3. The van der Waals surface area contributed by atoms with E-state index in [9.17, 15) is 9.59 Å². The van der Waals surface area contributed by atoms with Gasteiger partial charge < -0.3 is 34.1 Å². The smallest absolute Gasteiger partial charge is 0.256 e. The fraction of sp³-hybridized carbons (Fsp3) is 0.235. The van der Waals surface area contributed by atoms with Crippen molar-refractivity contribution in [1.29, 1.82) is 0 Å². The van der Waals surface area contributed by atoms with Crippen molar-refractivity contribution in [3.8, 4) is 23.0 Å². The Balaban J connectivity index is 1.13. The van der Waals surface area contributed by atoms with E-state index < -0.39 is 0 Å². The van der Waals surface area contributed by atoms with Crippen molar-refractivity contribution >= 4 is 17.5 Å². The minimum atomic E-state index is -0.375. The van der Waals surface area contributed by atoms with Gasteiger partial charge in [-0.3, -0.25) is 9.59 Å². The number of likely N-dealkylation sites (N-methyl/N-ethyl adjacent to an activating group) is 1. The molecule has 220 valence electrons. The maximum absolute atomic E-state index is 13.5. The van der Waals surface area contributed by atoms with E-state index in [0.717, 1.165) is 22.4 Å². The fourth-order valence-electron chi connectivity index (χ4n) is 5.45. The van der Waals surface area contributed by atoms with Crippen LogP contribution in [0.1, 0.15) is 43.6 Å². The predicted molar refractivity (Wildman–Crippen MR) is 162 cm³/mol. The highest BCUT2D eigenvalue weighted by Gasteiger charge is 2.36. The zero-order valence-electron chi connectivity index (χ0n) is 24.3. The number of nitrogens with one attached hydrogen (secondary N) is 1. The van der Waals surface area contributed by atoms with Gasteiger partial charge in [0.2, 0.25) is 6.79 Å². The molecule has 0 spiro atoms. The first kappa shape index (κ1) is 28.0. The number of carbonyl (C=O) groups excluding carboxylic acids is 2. The summed E-state index contributed by atoms with van der Waals surface area (Å²) in [6, 6.07) is 26.5. The number of ether oxygens (including phenoxy) is 4. The van der Waals surface area contributed by atoms with Gasteiger partial charge in [-0.1, -0.05) is 30.3 Å². The minimum absolute atomic E-state index is 0.0475. The monoisotopic (exact) mass is 579 g/mol. The number of amides is 2. The molecule has 0 fully saturated rings. The van der Waals surface area contributed by atoms with Crippen LogP contribution in [0.15, 0.2) is 84.9 Å². The molecule has 4 aromatic carbocycles. The number of hydrogen-bond donors (Lipinski definition) is 1. The van der Waals surface area contributed by atoms with Crippen LogP contribution >= 0.6 is 0 Å². The molecule has 9 heteroatoms. The van der Waals surface area contributed by atoms with E-state index in [1.54, 1.807) is 26.2 Å². The number of benzene rings is 4. The summed E-state index contributed by atoms with van der Waals surface area (Å²) in [4.78, 5) is 30.1. The lowest BCUT2D eigenvalue weighted by Crippen LogP contribution is -2.32. The first-order valence-corrected chi connectivity index (χ1v) is 14.1. The van der Waals surface area contributed by atoms with E-state index >= 15 is 0 Å². The van der Waals surface area contributed by atoms with Gasteiger partial charge in [0, 0.05) is 42.5 Å². The third kappa shape index (κ3) is 5.66. The molecule has 1 unspecified atom stereocenters. The molecule has 1 atom stereocenters. The Morgan fingerprint density at radius 3 is 2.44 bits per heavy atom. The van der Waals surface area contributed by atoms with E-state index in [2.05, 4.69) is 5.32 Å². The summed E-state index contributed by atoms with van der Waals surface area (Å²) in [5.41, 5.74) is 4.95. The molecule has 1 N–H and O–H groups in total. The molecule has 2 amide bonds. The second-order valence-corrected chi connectivity index (χ2v) is 10.5. The van der Waals surface area contributed by atoms with Gasteiger partial charge in [-0.05, 0) is 72.1 Å². The van der Waals surface area contributed by atoms with Gasteiger partial charge in [0.05, 0.1) is 14.2 Å². The minimum Gasteiger partial charge on any atom is -0.493 e. The van der Waals surface area contributed by atoms with E-state index in [1.165, 1.54) is 0 Å². The third-order valence-electron chi connectivity index (χ3n) is 7.81. The first-order valence-electron chi connectivity index (χ1n) is 14.1. The van der Waals surface area contributed by atoms with Gasteiger partial charge in [-0.2, -0.15) is 0 Å². The zero-order chi connectivity index (χ0) is 29.9. The summed E-state index contributed by atoms with van der Waals surface area (Å²) in [5, 5.41) is 3.51. The average molecular weight is 580 g/mol. The van der Waals surface area contributed by atoms with E-state index in [4.69, 9.17) is 18.9 Å². The number of rotatable bonds is 10. The van der Waals surface area contributed by atoms with Crippen LogP contribution in [0.25, 0.3) is 0 Å². The van der Waals surface area contributed by atoms with E-state index in [0.29, 0.717) is 53.6 Å². The van der Waals surface area contributed by atoms with Crippen LogP contribution in [0.4, 0.5) is 5.69 Å². The average Bonchev–Trinajstić information content (AvgIpc) is 3.62. The highest BCUT2D eigenvalue weighted by Crippen LogP contribution is 2.38. The number of methoxy groups -OCH3 is 2. The molecule has 0 saturated carbocycles. The van der Waals surface area contributed by atoms with Gasteiger partial charge in [-0.15, -0.1) is 0 Å². The van der Waals surface area contributed by atoms with Crippen molar-refractivity contribution in [2.45, 2.75) is 19.1 Å². The van der Waals surface area contributed by atoms with Gasteiger partial charge in [0.25, 0.3) is 11.8 Å². The SMILES string of the molecule is COc1ccc(CCN(C)C(=O)c2ccc(NC3c4ccccc4C(=O)N3Cc3ccc4c(c3)OCO4)cc2)cc1OC. The topological polar surface area (TPSA) is 89.6 Å². The second kappa shape index (κ2) is 12.0. The molecular formula is C34H33N3O6. The standard InChI is InChI=1S/C34H33N3O6/c1-36(17-16-22-8-14-28(40-2)30(18-22)41-3)33(38)24-10-12-25(13-11-24)35-32-26-6-4-5-7-27(26)34(39)37(32)20-23-9-15-29-31(19-23)43-21-42-29/h4-15,18-19,32,35H,16-17,20-21H2,1-3H3. The normalized spacial score (nSPS) is 14.8. The molecule has 9 nitrogen and oxygen atoms in total. The molecular weight excluding hydrogens is 546 g/mol. The maximum Gasteiger partial charge on any atom is 0.256 e. The van der Waals surface area contributed by atoms with E-state index in [1.807, 2.05) is 89.8 Å². The number of nitrogens with zero attached hydrogens (tertiary/aromatic N) is 2. The molecule has 0 saturated heterocycles. The molecule has 0 radical (unpaired) electrons. The first-order chi connectivity index (χ1) is 20.9. The molecule has 0 aromatic heterocycles. The van der Waals surface area contributed by atoms with E-state index in [-0.39, 0.29) is 24.8 Å². The van der Waals surface area contributed by atoms with Gasteiger partial charge in [0.1, 0.15) is 6.17 Å².